The highest BCUT2D eigenvalue weighted by molar-refractivity contribution is 6.30. The van der Waals surface area contributed by atoms with Crippen LogP contribution >= 0.6 is 11.6 Å². The Morgan fingerprint density at radius 2 is 2.00 bits per heavy atom. The Kier molecular flexibility index (Phi) is 2.87. The van der Waals surface area contributed by atoms with Crippen molar-refractivity contribution in [2.24, 2.45) is 0 Å². The van der Waals surface area contributed by atoms with Crippen molar-refractivity contribution in [2.75, 3.05) is 0 Å². The van der Waals surface area contributed by atoms with E-state index in [2.05, 4.69) is 10.2 Å². The van der Waals surface area contributed by atoms with Gasteiger partial charge in [0.15, 0.2) is 0 Å². The van der Waals surface area contributed by atoms with E-state index in [-0.39, 0.29) is 0 Å². The number of aromatic nitrogens is 2. The number of H-pyrrole nitrogens is 1. The third kappa shape index (κ3) is 2.70. The number of benzene rings is 1. The van der Waals surface area contributed by atoms with Crippen LogP contribution in [0.15, 0.2) is 33.5 Å². The summed E-state index contributed by atoms with van der Waals surface area (Å²) < 4.78 is 4.78. The van der Waals surface area contributed by atoms with Crippen LogP contribution < -0.4 is 5.76 Å². The van der Waals surface area contributed by atoms with Gasteiger partial charge in [-0.25, -0.2) is 9.89 Å². The number of hydrogen-bond acceptors (Lipinski definition) is 3. The topological polar surface area (TPSA) is 58.9 Å². The number of aryl methyl sites for hydroxylation is 2. The molecule has 0 spiro atoms. The van der Waals surface area contributed by atoms with Crippen LogP contribution in [0.5, 0.6) is 0 Å². The molecule has 0 radical (unpaired) electrons. The molecule has 15 heavy (non-hydrogen) atoms. The van der Waals surface area contributed by atoms with E-state index >= 15 is 0 Å². The summed E-state index contributed by atoms with van der Waals surface area (Å²) in [6.07, 6.45) is 1.37. The van der Waals surface area contributed by atoms with E-state index in [1.165, 1.54) is 0 Å². The molecule has 78 valence electrons. The van der Waals surface area contributed by atoms with Gasteiger partial charge in [-0.1, -0.05) is 23.7 Å². The van der Waals surface area contributed by atoms with Gasteiger partial charge in [0.1, 0.15) is 0 Å². The van der Waals surface area contributed by atoms with E-state index in [9.17, 15) is 4.79 Å². The van der Waals surface area contributed by atoms with Gasteiger partial charge in [0.2, 0.25) is 5.89 Å². The molecule has 0 bridgehead atoms. The summed E-state index contributed by atoms with van der Waals surface area (Å²) in [6.45, 7) is 0. The fourth-order valence-corrected chi connectivity index (χ4v) is 1.40. The van der Waals surface area contributed by atoms with Crippen LogP contribution in [-0.4, -0.2) is 10.2 Å². The SMILES string of the molecule is O=c1[nH]nc(CCc2ccc(Cl)cc2)o1. The largest absolute Gasteiger partial charge is 0.434 e. The van der Waals surface area contributed by atoms with Crippen LogP contribution in [0.1, 0.15) is 11.5 Å². The first kappa shape index (κ1) is 9.98. The standard InChI is InChI=1S/C10H9ClN2O2/c11-8-4-1-7(2-5-8)3-6-9-12-13-10(14)15-9/h1-2,4-5H,3,6H2,(H,13,14). The summed E-state index contributed by atoms with van der Waals surface area (Å²) in [6, 6.07) is 7.54. The molecule has 2 rings (SSSR count). The van der Waals surface area contributed by atoms with E-state index in [0.29, 0.717) is 17.3 Å². The monoisotopic (exact) mass is 224 g/mol. The van der Waals surface area contributed by atoms with Gasteiger partial charge in [-0.05, 0) is 24.1 Å². The van der Waals surface area contributed by atoms with Crippen LogP contribution in [0.3, 0.4) is 0 Å². The zero-order chi connectivity index (χ0) is 10.7. The minimum atomic E-state index is -0.513. The van der Waals surface area contributed by atoms with Gasteiger partial charge in [0.05, 0.1) is 0 Å². The summed E-state index contributed by atoms with van der Waals surface area (Å²) in [5, 5.41) is 6.65. The summed E-state index contributed by atoms with van der Waals surface area (Å²) in [5.74, 6) is -0.0870. The molecule has 1 heterocycles. The number of rotatable bonds is 3. The molecule has 0 saturated carbocycles. The van der Waals surface area contributed by atoms with Gasteiger partial charge >= 0.3 is 5.76 Å². The van der Waals surface area contributed by atoms with Gasteiger partial charge in [-0.15, -0.1) is 5.10 Å². The second-order valence-corrected chi connectivity index (χ2v) is 3.57. The summed E-state index contributed by atoms with van der Waals surface area (Å²) >= 11 is 5.75. The van der Waals surface area contributed by atoms with Crippen molar-refractivity contribution >= 4 is 11.6 Å². The second-order valence-electron chi connectivity index (χ2n) is 3.13. The molecule has 0 unspecified atom stereocenters. The van der Waals surface area contributed by atoms with Crippen molar-refractivity contribution in [2.45, 2.75) is 12.8 Å². The van der Waals surface area contributed by atoms with Crippen LogP contribution in [0.25, 0.3) is 0 Å². The van der Waals surface area contributed by atoms with Crippen LogP contribution in [0.2, 0.25) is 5.02 Å². The molecule has 1 aromatic carbocycles. The molecule has 4 nitrogen and oxygen atoms in total. The van der Waals surface area contributed by atoms with E-state index < -0.39 is 5.76 Å². The molecule has 0 amide bonds. The molecule has 1 N–H and O–H groups in total. The number of aromatic amines is 1. The Labute approximate surface area is 90.9 Å². The minimum Gasteiger partial charge on any atom is -0.392 e. The highest BCUT2D eigenvalue weighted by Gasteiger charge is 2.01. The molecule has 1 aromatic heterocycles. The zero-order valence-electron chi connectivity index (χ0n) is 7.87. The molecule has 0 saturated heterocycles. The molecule has 0 aliphatic rings. The highest BCUT2D eigenvalue weighted by Crippen LogP contribution is 2.10. The van der Waals surface area contributed by atoms with E-state index in [4.69, 9.17) is 16.0 Å². The number of halogens is 1. The Hall–Kier alpha value is -1.55. The number of hydrogen-bond donors (Lipinski definition) is 1. The lowest BCUT2D eigenvalue weighted by atomic mass is 10.1. The Balaban J connectivity index is 1.99. The third-order valence-corrected chi connectivity index (χ3v) is 2.28. The molecule has 5 heteroatoms. The average molecular weight is 225 g/mol. The first-order valence-corrected chi connectivity index (χ1v) is 4.91. The quantitative estimate of drug-likeness (QED) is 0.865. The van der Waals surface area contributed by atoms with Crippen molar-refractivity contribution < 1.29 is 4.42 Å². The molecule has 0 fully saturated rings. The predicted octanol–water partition coefficient (Wildman–Crippen LogP) is 1.80. The van der Waals surface area contributed by atoms with Crippen molar-refractivity contribution in [1.82, 2.24) is 10.2 Å². The lowest BCUT2D eigenvalue weighted by Gasteiger charge is -1.97. The van der Waals surface area contributed by atoms with Gasteiger partial charge in [-0.3, -0.25) is 0 Å². The molecular formula is C10H9ClN2O2. The number of nitrogens with one attached hydrogen (secondary N) is 1. The summed E-state index contributed by atoms with van der Waals surface area (Å²) in [7, 11) is 0. The Morgan fingerprint density at radius 3 is 2.60 bits per heavy atom. The van der Waals surface area contributed by atoms with E-state index in [1.807, 2.05) is 24.3 Å². The maximum atomic E-state index is 10.6. The average Bonchev–Trinajstić information content (AvgIpc) is 2.64. The zero-order valence-corrected chi connectivity index (χ0v) is 8.62. The first-order valence-electron chi connectivity index (χ1n) is 4.53. The maximum Gasteiger partial charge on any atom is 0.434 e. The van der Waals surface area contributed by atoms with Gasteiger partial charge in [0, 0.05) is 11.4 Å². The molecule has 0 atom stereocenters. The fraction of sp³-hybridized carbons (Fsp3) is 0.200. The van der Waals surface area contributed by atoms with E-state index in [0.717, 1.165) is 12.0 Å². The second kappa shape index (κ2) is 4.31. The van der Waals surface area contributed by atoms with Crippen LogP contribution in [0.4, 0.5) is 0 Å². The smallest absolute Gasteiger partial charge is 0.392 e. The molecule has 0 aliphatic heterocycles. The summed E-state index contributed by atoms with van der Waals surface area (Å²) in [5.41, 5.74) is 1.13. The van der Waals surface area contributed by atoms with Gasteiger partial charge in [-0.2, -0.15) is 0 Å². The Bertz CT molecular complexity index is 487. The van der Waals surface area contributed by atoms with Crippen molar-refractivity contribution in [1.29, 1.82) is 0 Å². The minimum absolute atomic E-state index is 0.426. The van der Waals surface area contributed by atoms with Gasteiger partial charge < -0.3 is 4.42 Å². The van der Waals surface area contributed by atoms with Crippen LogP contribution in [0, 0.1) is 0 Å². The molecule has 0 aliphatic carbocycles. The lowest BCUT2D eigenvalue weighted by Crippen LogP contribution is -1.94. The van der Waals surface area contributed by atoms with Crippen molar-refractivity contribution in [3.05, 3.63) is 51.3 Å². The first-order chi connectivity index (χ1) is 7.24. The number of nitrogens with zero attached hydrogens (tertiary/aromatic N) is 1. The summed E-state index contributed by atoms with van der Waals surface area (Å²) in [4.78, 5) is 10.6. The van der Waals surface area contributed by atoms with Crippen LogP contribution in [-0.2, 0) is 12.8 Å². The fourth-order valence-electron chi connectivity index (χ4n) is 1.27. The third-order valence-electron chi connectivity index (χ3n) is 2.02. The predicted molar refractivity (Wildman–Crippen MR) is 56.0 cm³/mol. The molecule has 2 aromatic rings. The maximum absolute atomic E-state index is 10.6. The lowest BCUT2D eigenvalue weighted by molar-refractivity contribution is 0.461. The normalized spacial score (nSPS) is 10.5. The van der Waals surface area contributed by atoms with Gasteiger partial charge in [0.25, 0.3) is 0 Å². The highest BCUT2D eigenvalue weighted by atomic mass is 35.5. The Morgan fingerprint density at radius 1 is 1.27 bits per heavy atom. The molecular weight excluding hydrogens is 216 g/mol. The van der Waals surface area contributed by atoms with E-state index in [1.54, 1.807) is 0 Å². The van der Waals surface area contributed by atoms with Crippen molar-refractivity contribution in [3.63, 3.8) is 0 Å². The van der Waals surface area contributed by atoms with Crippen molar-refractivity contribution in [3.8, 4) is 0 Å².